The summed E-state index contributed by atoms with van der Waals surface area (Å²) in [6, 6.07) is 5.18. The van der Waals surface area contributed by atoms with E-state index in [9.17, 15) is 9.18 Å². The van der Waals surface area contributed by atoms with Crippen LogP contribution in [-0.4, -0.2) is 36.1 Å². The zero-order valence-corrected chi connectivity index (χ0v) is 11.9. The van der Waals surface area contributed by atoms with Gasteiger partial charge in [-0.05, 0) is 36.5 Å². The molecule has 0 spiro atoms. The highest BCUT2D eigenvalue weighted by Gasteiger charge is 2.40. The van der Waals surface area contributed by atoms with Crippen LogP contribution in [-0.2, 0) is 4.74 Å². The van der Waals surface area contributed by atoms with Crippen LogP contribution >= 0.6 is 0 Å². The van der Waals surface area contributed by atoms with E-state index in [2.05, 4.69) is 0 Å². The maximum atomic E-state index is 14.0. The van der Waals surface area contributed by atoms with Crippen molar-refractivity contribution in [3.8, 4) is 0 Å². The summed E-state index contributed by atoms with van der Waals surface area (Å²) in [5.74, 6) is -0.222. The molecule has 0 N–H and O–H groups in total. The number of carbonyl (C=O) groups excluding carboxylic acids is 1. The molecule has 4 heteroatoms. The molecule has 2 aliphatic rings. The summed E-state index contributed by atoms with van der Waals surface area (Å²) in [6.45, 7) is 5.10. The predicted octanol–water partition coefficient (Wildman–Crippen LogP) is 2.95. The maximum absolute atomic E-state index is 14.0. The summed E-state index contributed by atoms with van der Waals surface area (Å²) in [4.78, 5) is 14.5. The van der Waals surface area contributed by atoms with E-state index in [1.807, 2.05) is 18.7 Å². The lowest BCUT2D eigenvalue weighted by Gasteiger charge is -2.34. The van der Waals surface area contributed by atoms with Gasteiger partial charge in [-0.15, -0.1) is 0 Å². The molecule has 2 heterocycles. The quantitative estimate of drug-likeness (QED) is 0.831. The average Bonchev–Trinajstić information content (AvgIpc) is 2.66. The van der Waals surface area contributed by atoms with Gasteiger partial charge in [0.1, 0.15) is 5.82 Å². The average molecular weight is 277 g/mol. The normalized spacial score (nSPS) is 25.3. The second-order valence-corrected chi connectivity index (χ2v) is 6.03. The molecule has 0 saturated carbocycles. The standard InChI is InChI=1S/C16H20FNO2/c1-10(2)14-6-3-11(7-15(14)17)16(19)18-12-4-5-13(18)9-20-8-12/h3,6-7,10,12-13H,4-5,8-9H2,1-2H3. The van der Waals surface area contributed by atoms with Crippen LogP contribution in [0.15, 0.2) is 18.2 Å². The Morgan fingerprint density at radius 1 is 1.30 bits per heavy atom. The Labute approximate surface area is 118 Å². The Balaban J connectivity index is 1.86. The SMILES string of the molecule is CC(C)c1ccc(C(=O)N2C3CCC2COC3)cc1F. The molecule has 0 aromatic heterocycles. The number of morpholine rings is 1. The number of hydrogen-bond donors (Lipinski definition) is 0. The third-order valence-electron chi connectivity index (χ3n) is 4.34. The molecule has 2 aliphatic heterocycles. The molecule has 2 bridgehead atoms. The van der Waals surface area contributed by atoms with E-state index in [0.29, 0.717) is 24.3 Å². The van der Waals surface area contributed by atoms with E-state index >= 15 is 0 Å². The zero-order chi connectivity index (χ0) is 14.3. The van der Waals surface area contributed by atoms with Gasteiger partial charge in [0.25, 0.3) is 5.91 Å². The van der Waals surface area contributed by atoms with Gasteiger partial charge in [-0.25, -0.2) is 4.39 Å². The highest BCUT2D eigenvalue weighted by molar-refractivity contribution is 5.95. The fourth-order valence-corrected chi connectivity index (χ4v) is 3.24. The topological polar surface area (TPSA) is 29.5 Å². The second-order valence-electron chi connectivity index (χ2n) is 6.03. The lowest BCUT2D eigenvalue weighted by Crippen LogP contribution is -2.49. The summed E-state index contributed by atoms with van der Waals surface area (Å²) >= 11 is 0. The van der Waals surface area contributed by atoms with Gasteiger partial charge in [-0.1, -0.05) is 19.9 Å². The maximum Gasteiger partial charge on any atom is 0.254 e. The molecule has 0 aliphatic carbocycles. The van der Waals surface area contributed by atoms with Gasteiger partial charge in [0, 0.05) is 5.56 Å². The van der Waals surface area contributed by atoms with Crippen molar-refractivity contribution in [2.45, 2.75) is 44.7 Å². The minimum absolute atomic E-state index is 0.0602. The Kier molecular flexibility index (Phi) is 3.50. The van der Waals surface area contributed by atoms with Gasteiger partial charge in [0.15, 0.2) is 0 Å². The van der Waals surface area contributed by atoms with Crippen LogP contribution in [0.1, 0.15) is 48.5 Å². The van der Waals surface area contributed by atoms with Crippen LogP contribution in [0.2, 0.25) is 0 Å². The van der Waals surface area contributed by atoms with Crippen molar-refractivity contribution in [3.63, 3.8) is 0 Å². The minimum Gasteiger partial charge on any atom is -0.377 e. The molecule has 2 saturated heterocycles. The van der Waals surface area contributed by atoms with Crippen LogP contribution in [0.5, 0.6) is 0 Å². The molecule has 1 aromatic carbocycles. The molecular weight excluding hydrogens is 257 g/mol. The predicted molar refractivity (Wildman–Crippen MR) is 74.3 cm³/mol. The summed E-state index contributed by atoms with van der Waals surface area (Å²) in [6.07, 6.45) is 1.98. The molecule has 2 atom stereocenters. The fourth-order valence-electron chi connectivity index (χ4n) is 3.24. The molecule has 1 amide bonds. The Hall–Kier alpha value is -1.42. The summed E-state index contributed by atoms with van der Waals surface area (Å²) in [5.41, 5.74) is 1.11. The first-order valence-corrected chi connectivity index (χ1v) is 7.27. The monoisotopic (exact) mass is 277 g/mol. The van der Waals surface area contributed by atoms with Crippen molar-refractivity contribution in [2.75, 3.05) is 13.2 Å². The molecule has 3 rings (SSSR count). The molecule has 3 nitrogen and oxygen atoms in total. The first-order valence-electron chi connectivity index (χ1n) is 7.27. The van der Waals surface area contributed by atoms with Crippen LogP contribution in [0.4, 0.5) is 4.39 Å². The van der Waals surface area contributed by atoms with Crippen LogP contribution in [0, 0.1) is 5.82 Å². The molecular formula is C16H20FNO2. The van der Waals surface area contributed by atoms with E-state index in [1.54, 1.807) is 12.1 Å². The third kappa shape index (κ3) is 2.22. The van der Waals surface area contributed by atoms with E-state index in [0.717, 1.165) is 12.8 Å². The number of nitrogens with zero attached hydrogens (tertiary/aromatic N) is 1. The molecule has 2 unspecified atom stereocenters. The van der Waals surface area contributed by atoms with E-state index < -0.39 is 0 Å². The number of rotatable bonds is 2. The van der Waals surface area contributed by atoms with Crippen molar-refractivity contribution in [3.05, 3.63) is 35.1 Å². The zero-order valence-electron chi connectivity index (χ0n) is 11.9. The lowest BCUT2D eigenvalue weighted by molar-refractivity contribution is -0.00718. The van der Waals surface area contributed by atoms with E-state index in [-0.39, 0.29) is 29.7 Å². The summed E-state index contributed by atoms with van der Waals surface area (Å²) in [7, 11) is 0. The van der Waals surface area contributed by atoms with Crippen molar-refractivity contribution >= 4 is 5.91 Å². The Morgan fingerprint density at radius 2 is 1.95 bits per heavy atom. The first kappa shape index (κ1) is 13.6. The molecule has 20 heavy (non-hydrogen) atoms. The van der Waals surface area contributed by atoms with E-state index in [4.69, 9.17) is 4.74 Å². The first-order chi connectivity index (χ1) is 9.58. The van der Waals surface area contributed by atoms with Gasteiger partial charge < -0.3 is 9.64 Å². The van der Waals surface area contributed by atoms with Crippen molar-refractivity contribution in [2.24, 2.45) is 0 Å². The second kappa shape index (κ2) is 5.17. The molecule has 2 fully saturated rings. The van der Waals surface area contributed by atoms with Gasteiger partial charge in [-0.2, -0.15) is 0 Å². The number of amides is 1. The van der Waals surface area contributed by atoms with Crippen LogP contribution in [0.3, 0.4) is 0 Å². The van der Waals surface area contributed by atoms with Crippen molar-refractivity contribution < 1.29 is 13.9 Å². The van der Waals surface area contributed by atoms with Gasteiger partial charge in [-0.3, -0.25) is 4.79 Å². The Bertz CT molecular complexity index is 513. The summed E-state index contributed by atoms with van der Waals surface area (Å²) < 4.78 is 19.5. The van der Waals surface area contributed by atoms with Gasteiger partial charge >= 0.3 is 0 Å². The number of carbonyl (C=O) groups is 1. The Morgan fingerprint density at radius 3 is 2.50 bits per heavy atom. The van der Waals surface area contributed by atoms with E-state index in [1.165, 1.54) is 6.07 Å². The lowest BCUT2D eigenvalue weighted by atomic mass is 10.0. The third-order valence-corrected chi connectivity index (χ3v) is 4.34. The minimum atomic E-state index is -0.286. The smallest absolute Gasteiger partial charge is 0.254 e. The fraction of sp³-hybridized carbons (Fsp3) is 0.562. The summed E-state index contributed by atoms with van der Waals surface area (Å²) in [5, 5.41) is 0. The van der Waals surface area contributed by atoms with Gasteiger partial charge in [0.2, 0.25) is 0 Å². The largest absolute Gasteiger partial charge is 0.377 e. The van der Waals surface area contributed by atoms with Gasteiger partial charge in [0.05, 0.1) is 25.3 Å². The highest BCUT2D eigenvalue weighted by Crippen LogP contribution is 2.31. The highest BCUT2D eigenvalue weighted by atomic mass is 19.1. The molecule has 0 radical (unpaired) electrons. The molecule has 1 aromatic rings. The number of halogens is 1. The number of fused-ring (bicyclic) bond motifs is 2. The number of hydrogen-bond acceptors (Lipinski definition) is 2. The van der Waals surface area contributed by atoms with Crippen LogP contribution < -0.4 is 0 Å². The van der Waals surface area contributed by atoms with Crippen molar-refractivity contribution in [1.29, 1.82) is 0 Å². The molecule has 108 valence electrons. The van der Waals surface area contributed by atoms with Crippen molar-refractivity contribution in [1.82, 2.24) is 4.90 Å². The number of benzene rings is 1. The number of ether oxygens (including phenoxy) is 1. The van der Waals surface area contributed by atoms with Crippen LogP contribution in [0.25, 0.3) is 0 Å².